The summed E-state index contributed by atoms with van der Waals surface area (Å²) in [6.07, 6.45) is 4.69. The predicted octanol–water partition coefficient (Wildman–Crippen LogP) is 4.10. The molecule has 0 saturated heterocycles. The van der Waals surface area contributed by atoms with Crippen molar-refractivity contribution >= 4 is 40.1 Å². The molecule has 0 spiro atoms. The Morgan fingerprint density at radius 1 is 1.21 bits per heavy atom. The van der Waals surface area contributed by atoms with Crippen LogP contribution in [0.3, 0.4) is 0 Å². The molecule has 174 valence electrons. The quantitative estimate of drug-likeness (QED) is 0.304. The molecule has 10 heteroatoms. The Morgan fingerprint density at radius 2 is 2.09 bits per heavy atom. The van der Waals surface area contributed by atoms with Crippen molar-refractivity contribution in [1.82, 2.24) is 19.9 Å². The molecule has 4 rings (SSSR count). The van der Waals surface area contributed by atoms with Crippen molar-refractivity contribution in [2.45, 2.75) is 0 Å². The van der Waals surface area contributed by atoms with E-state index in [9.17, 15) is 4.79 Å². The number of nitrogens with one attached hydrogen (secondary N) is 3. The number of benzene rings is 1. The minimum Gasteiger partial charge on any atom is -0.438 e. The molecule has 4 aromatic rings. The van der Waals surface area contributed by atoms with Gasteiger partial charge in [0.15, 0.2) is 0 Å². The third-order valence-corrected chi connectivity index (χ3v) is 4.91. The van der Waals surface area contributed by atoms with Crippen LogP contribution in [0.4, 0.5) is 23.1 Å². The van der Waals surface area contributed by atoms with Crippen molar-refractivity contribution in [3.8, 4) is 11.6 Å². The van der Waals surface area contributed by atoms with E-state index in [4.69, 9.17) is 9.47 Å². The maximum Gasteiger partial charge on any atom is 0.247 e. The SMILES string of the molecule is C=CC(=O)Nc1cccc(Oc2nc(Nc3ccc(N(C)CCOC)nc3)nc3[nH]ccc23)c1. The van der Waals surface area contributed by atoms with Crippen LogP contribution >= 0.6 is 0 Å². The van der Waals surface area contributed by atoms with Gasteiger partial charge in [-0.25, -0.2) is 4.98 Å². The first kappa shape index (κ1) is 22.7. The lowest BCUT2D eigenvalue weighted by Crippen LogP contribution is -2.22. The predicted molar refractivity (Wildman–Crippen MR) is 132 cm³/mol. The standard InChI is InChI=1S/C24H25N7O3/c1-4-21(32)27-16-6-5-7-18(14-16)34-23-19-10-11-25-22(19)29-24(30-23)28-17-8-9-20(26-15-17)31(2)12-13-33-3/h4-11,14-15H,1,12-13H2,2-3H3,(H,27,32)(H2,25,28,29,30). The molecule has 0 unspecified atom stereocenters. The molecule has 0 bridgehead atoms. The second kappa shape index (κ2) is 10.5. The molecule has 0 radical (unpaired) electrons. The number of anilines is 4. The summed E-state index contributed by atoms with van der Waals surface area (Å²) < 4.78 is 11.2. The molecule has 10 nitrogen and oxygen atoms in total. The van der Waals surface area contributed by atoms with Gasteiger partial charge < -0.3 is 30.0 Å². The number of carbonyl (C=O) groups excluding carboxylic acids is 1. The highest BCUT2D eigenvalue weighted by atomic mass is 16.5. The Balaban J connectivity index is 1.54. The Labute approximate surface area is 196 Å². The normalized spacial score (nSPS) is 10.6. The van der Waals surface area contributed by atoms with Crippen LogP contribution in [0.15, 0.2) is 67.5 Å². The van der Waals surface area contributed by atoms with Gasteiger partial charge in [0.2, 0.25) is 17.7 Å². The van der Waals surface area contributed by atoms with E-state index in [2.05, 4.69) is 37.1 Å². The summed E-state index contributed by atoms with van der Waals surface area (Å²) in [4.78, 5) is 30.2. The van der Waals surface area contributed by atoms with Gasteiger partial charge in [-0.1, -0.05) is 12.6 Å². The van der Waals surface area contributed by atoms with E-state index in [-0.39, 0.29) is 5.91 Å². The first-order valence-electron chi connectivity index (χ1n) is 10.6. The summed E-state index contributed by atoms with van der Waals surface area (Å²) in [6.45, 7) is 4.82. The van der Waals surface area contributed by atoms with Crippen molar-refractivity contribution in [3.63, 3.8) is 0 Å². The van der Waals surface area contributed by atoms with E-state index in [1.807, 2.05) is 30.1 Å². The highest BCUT2D eigenvalue weighted by Gasteiger charge is 2.12. The fraction of sp³-hybridized carbons (Fsp3) is 0.167. The van der Waals surface area contributed by atoms with Crippen molar-refractivity contribution in [2.24, 2.45) is 0 Å². The van der Waals surface area contributed by atoms with E-state index in [0.29, 0.717) is 35.5 Å². The molecule has 3 heterocycles. The minimum atomic E-state index is -0.303. The Hall–Kier alpha value is -4.44. The topological polar surface area (TPSA) is 117 Å². The average molecular weight is 460 g/mol. The highest BCUT2D eigenvalue weighted by Crippen LogP contribution is 2.30. The molecule has 1 aromatic carbocycles. The average Bonchev–Trinajstić information content (AvgIpc) is 3.32. The minimum absolute atomic E-state index is 0.303. The lowest BCUT2D eigenvalue weighted by atomic mass is 10.3. The number of nitrogens with zero attached hydrogens (tertiary/aromatic N) is 4. The lowest BCUT2D eigenvalue weighted by molar-refractivity contribution is -0.111. The van der Waals surface area contributed by atoms with Crippen molar-refractivity contribution in [3.05, 3.63) is 67.5 Å². The molecule has 3 N–H and O–H groups in total. The van der Waals surface area contributed by atoms with Gasteiger partial charge in [0.1, 0.15) is 17.2 Å². The Bertz CT molecular complexity index is 1290. The highest BCUT2D eigenvalue weighted by molar-refractivity contribution is 5.99. The second-order valence-corrected chi connectivity index (χ2v) is 7.36. The molecule has 0 aliphatic carbocycles. The zero-order chi connectivity index (χ0) is 23.9. The van der Waals surface area contributed by atoms with E-state index in [1.54, 1.807) is 43.8 Å². The number of likely N-dealkylation sites (N-methyl/N-ethyl adjacent to an activating group) is 1. The summed E-state index contributed by atoms with van der Waals surface area (Å²) in [5.74, 6) is 1.76. The number of rotatable bonds is 10. The summed E-state index contributed by atoms with van der Waals surface area (Å²) in [5, 5.41) is 6.60. The molecule has 34 heavy (non-hydrogen) atoms. The lowest BCUT2D eigenvalue weighted by Gasteiger charge is -2.17. The number of hydrogen-bond acceptors (Lipinski definition) is 8. The van der Waals surface area contributed by atoms with Gasteiger partial charge in [0, 0.05) is 38.7 Å². The van der Waals surface area contributed by atoms with Gasteiger partial charge >= 0.3 is 0 Å². The van der Waals surface area contributed by atoms with E-state index in [1.165, 1.54) is 6.08 Å². The number of amides is 1. The van der Waals surface area contributed by atoms with Gasteiger partial charge in [-0.05, 0) is 36.4 Å². The maximum absolute atomic E-state index is 11.6. The van der Waals surface area contributed by atoms with Gasteiger partial charge in [-0.3, -0.25) is 4.79 Å². The Kier molecular flexibility index (Phi) is 6.99. The molecule has 0 saturated carbocycles. The van der Waals surface area contributed by atoms with Gasteiger partial charge in [0.25, 0.3) is 0 Å². The van der Waals surface area contributed by atoms with E-state index >= 15 is 0 Å². The van der Waals surface area contributed by atoms with Crippen molar-refractivity contribution in [1.29, 1.82) is 0 Å². The molecule has 1 amide bonds. The molecule has 0 aliphatic rings. The molecule has 3 aromatic heterocycles. The number of hydrogen-bond donors (Lipinski definition) is 3. The van der Waals surface area contributed by atoms with Gasteiger partial charge in [0.05, 0.1) is 23.9 Å². The monoisotopic (exact) mass is 459 g/mol. The first-order valence-corrected chi connectivity index (χ1v) is 10.6. The smallest absolute Gasteiger partial charge is 0.247 e. The molecule has 0 fully saturated rings. The zero-order valence-electron chi connectivity index (χ0n) is 18.9. The number of aromatic nitrogens is 4. The number of methoxy groups -OCH3 is 1. The number of fused-ring (bicyclic) bond motifs is 1. The second-order valence-electron chi connectivity index (χ2n) is 7.36. The summed E-state index contributed by atoms with van der Waals surface area (Å²) in [6, 6.07) is 12.7. The van der Waals surface area contributed by atoms with Crippen LogP contribution in [0.2, 0.25) is 0 Å². The van der Waals surface area contributed by atoms with Crippen LogP contribution in [0, 0.1) is 0 Å². The third kappa shape index (κ3) is 5.48. The number of H-pyrrole nitrogens is 1. The zero-order valence-corrected chi connectivity index (χ0v) is 18.9. The number of pyridine rings is 1. The molecular formula is C24H25N7O3. The molecule has 0 aliphatic heterocycles. The fourth-order valence-corrected chi connectivity index (χ4v) is 3.15. The van der Waals surface area contributed by atoms with E-state index in [0.717, 1.165) is 23.4 Å². The van der Waals surface area contributed by atoms with Crippen LogP contribution in [-0.2, 0) is 9.53 Å². The van der Waals surface area contributed by atoms with E-state index < -0.39 is 0 Å². The number of carbonyl (C=O) groups is 1. The number of aromatic amines is 1. The summed E-state index contributed by atoms with van der Waals surface area (Å²) in [5.41, 5.74) is 1.93. The Morgan fingerprint density at radius 3 is 2.85 bits per heavy atom. The van der Waals surface area contributed by atoms with Crippen LogP contribution in [-0.4, -0.2) is 53.2 Å². The van der Waals surface area contributed by atoms with Gasteiger partial charge in [-0.15, -0.1) is 0 Å². The van der Waals surface area contributed by atoms with Crippen LogP contribution in [0.1, 0.15) is 0 Å². The maximum atomic E-state index is 11.6. The van der Waals surface area contributed by atoms with Crippen molar-refractivity contribution in [2.75, 3.05) is 42.8 Å². The number of ether oxygens (including phenoxy) is 2. The third-order valence-electron chi connectivity index (χ3n) is 4.91. The van der Waals surface area contributed by atoms with Crippen LogP contribution in [0.25, 0.3) is 11.0 Å². The van der Waals surface area contributed by atoms with Crippen LogP contribution in [0.5, 0.6) is 11.6 Å². The first-order chi connectivity index (χ1) is 16.6. The van der Waals surface area contributed by atoms with Crippen molar-refractivity contribution < 1.29 is 14.3 Å². The largest absolute Gasteiger partial charge is 0.438 e. The summed E-state index contributed by atoms with van der Waals surface area (Å²) >= 11 is 0. The van der Waals surface area contributed by atoms with Crippen LogP contribution < -0.4 is 20.3 Å². The fourth-order valence-electron chi connectivity index (χ4n) is 3.15. The molecular weight excluding hydrogens is 434 g/mol. The molecule has 0 atom stereocenters. The van der Waals surface area contributed by atoms with Gasteiger partial charge in [-0.2, -0.15) is 9.97 Å². The summed E-state index contributed by atoms with van der Waals surface area (Å²) in [7, 11) is 3.63.